The quantitative estimate of drug-likeness (QED) is 0.904. The molecule has 1 fully saturated rings. The highest BCUT2D eigenvalue weighted by Crippen LogP contribution is 2.18. The average molecular weight is 296 g/mol. The van der Waals surface area contributed by atoms with Gasteiger partial charge in [-0.1, -0.05) is 18.2 Å². The first-order chi connectivity index (χ1) is 9.46. The second kappa shape index (κ2) is 6.37. The number of hydrogen-bond acceptors (Lipinski definition) is 3. The van der Waals surface area contributed by atoms with Crippen molar-refractivity contribution >= 4 is 15.9 Å². The highest BCUT2D eigenvalue weighted by Gasteiger charge is 2.24. The van der Waals surface area contributed by atoms with Crippen molar-refractivity contribution in [1.82, 2.24) is 9.62 Å². The molecule has 2 rings (SSSR count). The van der Waals surface area contributed by atoms with Crippen LogP contribution in [0.25, 0.3) is 0 Å². The molecule has 1 atom stereocenters. The summed E-state index contributed by atoms with van der Waals surface area (Å²) in [5.41, 5.74) is 0.684. The summed E-state index contributed by atoms with van der Waals surface area (Å²) in [6.07, 6.45) is 3.01. The number of sulfonamides is 1. The van der Waals surface area contributed by atoms with Crippen LogP contribution in [0.2, 0.25) is 0 Å². The van der Waals surface area contributed by atoms with E-state index in [1.54, 1.807) is 12.1 Å². The maximum Gasteiger partial charge on any atom is 0.253 e. The number of rotatable bonds is 4. The number of carbonyl (C=O) groups is 1. The maximum absolute atomic E-state index is 12.3. The van der Waals surface area contributed by atoms with Crippen molar-refractivity contribution in [2.75, 3.05) is 25.9 Å². The van der Waals surface area contributed by atoms with Crippen molar-refractivity contribution in [1.29, 1.82) is 0 Å². The van der Waals surface area contributed by atoms with Gasteiger partial charge in [-0.25, -0.2) is 13.1 Å². The summed E-state index contributed by atoms with van der Waals surface area (Å²) in [5, 5.41) is 0. The molecule has 5 nitrogen and oxygen atoms in total. The molecular weight excluding hydrogens is 276 g/mol. The monoisotopic (exact) mass is 296 g/mol. The van der Waals surface area contributed by atoms with Crippen LogP contribution in [0, 0.1) is 5.92 Å². The van der Waals surface area contributed by atoms with Crippen LogP contribution in [-0.2, 0) is 10.0 Å². The molecule has 6 heteroatoms. The van der Waals surface area contributed by atoms with Gasteiger partial charge in [0.15, 0.2) is 0 Å². The molecule has 1 N–H and O–H groups in total. The van der Waals surface area contributed by atoms with E-state index in [2.05, 4.69) is 4.72 Å². The molecule has 0 radical (unpaired) electrons. The molecule has 1 aliphatic heterocycles. The average Bonchev–Trinajstić information content (AvgIpc) is 2.45. The lowest BCUT2D eigenvalue weighted by Gasteiger charge is -2.32. The van der Waals surface area contributed by atoms with Gasteiger partial charge in [0.1, 0.15) is 0 Å². The van der Waals surface area contributed by atoms with E-state index in [9.17, 15) is 13.2 Å². The lowest BCUT2D eigenvalue weighted by atomic mass is 9.97. The zero-order valence-corrected chi connectivity index (χ0v) is 12.4. The molecule has 1 aromatic rings. The minimum Gasteiger partial charge on any atom is -0.338 e. The molecule has 1 saturated heterocycles. The van der Waals surface area contributed by atoms with E-state index in [0.29, 0.717) is 18.7 Å². The first kappa shape index (κ1) is 15.0. The van der Waals surface area contributed by atoms with E-state index in [-0.39, 0.29) is 11.8 Å². The van der Waals surface area contributed by atoms with Crippen LogP contribution in [0.15, 0.2) is 30.3 Å². The van der Waals surface area contributed by atoms with E-state index >= 15 is 0 Å². The number of benzene rings is 1. The second-order valence-corrected chi connectivity index (χ2v) is 7.08. The molecule has 1 aromatic carbocycles. The molecule has 0 spiro atoms. The molecule has 1 aliphatic rings. The third-order valence-electron chi connectivity index (χ3n) is 3.46. The first-order valence-corrected chi connectivity index (χ1v) is 8.64. The fraction of sp³-hybridized carbons (Fsp3) is 0.500. The number of piperidine rings is 1. The van der Waals surface area contributed by atoms with Gasteiger partial charge >= 0.3 is 0 Å². The van der Waals surface area contributed by atoms with Gasteiger partial charge in [0.2, 0.25) is 10.0 Å². The summed E-state index contributed by atoms with van der Waals surface area (Å²) in [6.45, 7) is 1.75. The van der Waals surface area contributed by atoms with E-state index in [1.165, 1.54) is 0 Å². The van der Waals surface area contributed by atoms with Crippen molar-refractivity contribution in [3.63, 3.8) is 0 Å². The Hall–Kier alpha value is -1.40. The molecular formula is C14H20N2O3S. The Morgan fingerprint density at radius 1 is 1.35 bits per heavy atom. The van der Waals surface area contributed by atoms with Crippen LogP contribution in [0.1, 0.15) is 23.2 Å². The Kier molecular flexibility index (Phi) is 4.77. The zero-order valence-electron chi connectivity index (χ0n) is 11.6. The summed E-state index contributed by atoms with van der Waals surface area (Å²) in [7, 11) is -3.17. The van der Waals surface area contributed by atoms with Crippen LogP contribution in [0.4, 0.5) is 0 Å². The summed E-state index contributed by atoms with van der Waals surface area (Å²) >= 11 is 0. The third kappa shape index (κ3) is 4.31. The maximum atomic E-state index is 12.3. The van der Waals surface area contributed by atoms with E-state index in [1.807, 2.05) is 23.1 Å². The smallest absolute Gasteiger partial charge is 0.253 e. The standard InChI is InChI=1S/C14H20N2O3S/c1-20(18,19)15-10-12-6-5-9-16(11-12)14(17)13-7-3-2-4-8-13/h2-4,7-8,12,15H,5-6,9-11H2,1H3. The Labute approximate surface area is 120 Å². The number of hydrogen-bond donors (Lipinski definition) is 1. The van der Waals surface area contributed by atoms with Gasteiger partial charge in [0.25, 0.3) is 5.91 Å². The van der Waals surface area contributed by atoms with Crippen LogP contribution < -0.4 is 4.72 Å². The third-order valence-corrected chi connectivity index (χ3v) is 4.15. The van der Waals surface area contributed by atoms with Gasteiger partial charge < -0.3 is 4.90 Å². The number of carbonyl (C=O) groups excluding carboxylic acids is 1. The summed E-state index contributed by atoms with van der Waals surface area (Å²) in [4.78, 5) is 14.1. The van der Waals surface area contributed by atoms with Gasteiger partial charge in [0, 0.05) is 25.2 Å². The second-order valence-electron chi connectivity index (χ2n) is 5.25. The van der Waals surface area contributed by atoms with E-state index < -0.39 is 10.0 Å². The lowest BCUT2D eigenvalue weighted by molar-refractivity contribution is 0.0676. The van der Waals surface area contributed by atoms with Crippen LogP contribution in [0.5, 0.6) is 0 Å². The molecule has 1 unspecified atom stereocenters. The van der Waals surface area contributed by atoms with Gasteiger partial charge in [0.05, 0.1) is 6.26 Å². The number of likely N-dealkylation sites (tertiary alicyclic amines) is 1. The topological polar surface area (TPSA) is 66.5 Å². The van der Waals surface area contributed by atoms with Crippen LogP contribution in [0.3, 0.4) is 0 Å². The largest absolute Gasteiger partial charge is 0.338 e. The van der Waals surface area contributed by atoms with Gasteiger partial charge in [-0.2, -0.15) is 0 Å². The summed E-state index contributed by atoms with van der Waals surface area (Å²) in [5.74, 6) is 0.209. The van der Waals surface area contributed by atoms with E-state index in [4.69, 9.17) is 0 Å². The molecule has 20 heavy (non-hydrogen) atoms. The lowest BCUT2D eigenvalue weighted by Crippen LogP contribution is -2.43. The highest BCUT2D eigenvalue weighted by molar-refractivity contribution is 7.88. The fourth-order valence-electron chi connectivity index (χ4n) is 2.45. The normalized spacial score (nSPS) is 19.9. The minimum atomic E-state index is -3.17. The highest BCUT2D eigenvalue weighted by atomic mass is 32.2. The molecule has 0 bridgehead atoms. The molecule has 110 valence electrons. The summed E-state index contributed by atoms with van der Waals surface area (Å²) < 4.78 is 24.8. The van der Waals surface area contributed by atoms with Crippen LogP contribution in [-0.4, -0.2) is 45.1 Å². The first-order valence-electron chi connectivity index (χ1n) is 6.74. The van der Waals surface area contributed by atoms with Crippen molar-refractivity contribution in [3.8, 4) is 0 Å². The predicted molar refractivity (Wildman–Crippen MR) is 77.9 cm³/mol. The number of nitrogens with one attached hydrogen (secondary N) is 1. The number of amides is 1. The van der Waals surface area contributed by atoms with Crippen LogP contribution >= 0.6 is 0 Å². The summed E-state index contributed by atoms with van der Waals surface area (Å²) in [6, 6.07) is 9.19. The molecule has 0 saturated carbocycles. The molecule has 1 amide bonds. The van der Waals surface area contributed by atoms with Crippen molar-refractivity contribution in [2.45, 2.75) is 12.8 Å². The Balaban J connectivity index is 1.95. The molecule has 0 aromatic heterocycles. The predicted octanol–water partition coefficient (Wildman–Crippen LogP) is 1.09. The minimum absolute atomic E-state index is 0.0228. The molecule has 1 heterocycles. The Morgan fingerprint density at radius 2 is 2.05 bits per heavy atom. The Morgan fingerprint density at radius 3 is 2.70 bits per heavy atom. The molecule has 0 aliphatic carbocycles. The van der Waals surface area contributed by atoms with Gasteiger partial charge in [-0.15, -0.1) is 0 Å². The van der Waals surface area contributed by atoms with Gasteiger partial charge in [-0.05, 0) is 30.9 Å². The number of nitrogens with zero attached hydrogens (tertiary/aromatic N) is 1. The van der Waals surface area contributed by atoms with Crippen molar-refractivity contribution < 1.29 is 13.2 Å². The van der Waals surface area contributed by atoms with Crippen molar-refractivity contribution in [3.05, 3.63) is 35.9 Å². The fourth-order valence-corrected chi connectivity index (χ4v) is 2.99. The van der Waals surface area contributed by atoms with Gasteiger partial charge in [-0.3, -0.25) is 4.79 Å². The Bertz CT molecular complexity index is 557. The zero-order chi connectivity index (χ0) is 14.6. The SMILES string of the molecule is CS(=O)(=O)NCC1CCCN(C(=O)c2ccccc2)C1. The van der Waals surface area contributed by atoms with E-state index in [0.717, 1.165) is 25.6 Å². The van der Waals surface area contributed by atoms with Crippen molar-refractivity contribution in [2.24, 2.45) is 5.92 Å².